The first-order chi connectivity index (χ1) is 11.4. The zero-order valence-electron chi connectivity index (χ0n) is 13.5. The summed E-state index contributed by atoms with van der Waals surface area (Å²) in [5.74, 6) is 0.425. The standard InChI is InChI=1S/C17H17N3O4/c1-9-4-14-15(8-13(9)18)20(17(22)19-14)16(21)10-5-11(23-2)7-12(6-10)24-3/h4-8H,18H2,1-3H3,(H,19,22). The highest BCUT2D eigenvalue weighted by atomic mass is 16.5. The van der Waals surface area contributed by atoms with Gasteiger partial charge < -0.3 is 20.2 Å². The number of nitrogens with two attached hydrogens (primary N) is 1. The number of aromatic nitrogens is 2. The number of benzene rings is 2. The monoisotopic (exact) mass is 327 g/mol. The van der Waals surface area contributed by atoms with Gasteiger partial charge in [-0.25, -0.2) is 9.36 Å². The second-order valence-corrected chi connectivity index (χ2v) is 5.40. The summed E-state index contributed by atoms with van der Waals surface area (Å²) in [5, 5.41) is 0. The second kappa shape index (κ2) is 5.77. The van der Waals surface area contributed by atoms with Crippen molar-refractivity contribution in [1.29, 1.82) is 0 Å². The van der Waals surface area contributed by atoms with E-state index in [-0.39, 0.29) is 5.56 Å². The number of nitrogens with one attached hydrogen (secondary N) is 1. The average Bonchev–Trinajstić information content (AvgIpc) is 2.88. The molecule has 3 rings (SSSR count). The van der Waals surface area contributed by atoms with Crippen molar-refractivity contribution in [3.8, 4) is 11.5 Å². The van der Waals surface area contributed by atoms with Crippen LogP contribution in [0.5, 0.6) is 11.5 Å². The van der Waals surface area contributed by atoms with Crippen LogP contribution in [0.25, 0.3) is 11.0 Å². The molecule has 0 fully saturated rings. The van der Waals surface area contributed by atoms with Crippen LogP contribution < -0.4 is 20.9 Å². The Hall–Kier alpha value is -3.22. The van der Waals surface area contributed by atoms with Gasteiger partial charge in [0.15, 0.2) is 0 Å². The topological polar surface area (TPSA) is 99.3 Å². The quantitative estimate of drug-likeness (QED) is 0.716. The lowest BCUT2D eigenvalue weighted by atomic mass is 10.1. The molecule has 3 aromatic rings. The molecule has 0 unspecified atom stereocenters. The van der Waals surface area contributed by atoms with E-state index < -0.39 is 11.6 Å². The fraction of sp³-hybridized carbons (Fsp3) is 0.176. The number of anilines is 1. The van der Waals surface area contributed by atoms with Gasteiger partial charge in [-0.2, -0.15) is 0 Å². The molecule has 124 valence electrons. The summed E-state index contributed by atoms with van der Waals surface area (Å²) < 4.78 is 11.4. The van der Waals surface area contributed by atoms with E-state index in [0.29, 0.717) is 28.2 Å². The average molecular weight is 327 g/mol. The van der Waals surface area contributed by atoms with Crippen LogP contribution in [0.1, 0.15) is 15.9 Å². The van der Waals surface area contributed by atoms with Crippen molar-refractivity contribution in [1.82, 2.24) is 9.55 Å². The number of nitrogens with zero attached hydrogens (tertiary/aromatic N) is 1. The number of imidazole rings is 1. The lowest BCUT2D eigenvalue weighted by Gasteiger charge is -2.09. The first kappa shape index (κ1) is 15.7. The van der Waals surface area contributed by atoms with Gasteiger partial charge in [-0.15, -0.1) is 0 Å². The van der Waals surface area contributed by atoms with Crippen LogP contribution in [-0.2, 0) is 0 Å². The van der Waals surface area contributed by atoms with E-state index in [1.54, 1.807) is 30.3 Å². The largest absolute Gasteiger partial charge is 0.497 e. The van der Waals surface area contributed by atoms with E-state index in [1.807, 2.05) is 6.92 Å². The fourth-order valence-corrected chi connectivity index (χ4v) is 2.54. The van der Waals surface area contributed by atoms with Gasteiger partial charge in [-0.3, -0.25) is 4.79 Å². The Balaban J connectivity index is 2.21. The van der Waals surface area contributed by atoms with Crippen molar-refractivity contribution in [2.75, 3.05) is 20.0 Å². The van der Waals surface area contributed by atoms with Crippen LogP contribution in [0.4, 0.5) is 5.69 Å². The number of rotatable bonds is 3. The van der Waals surface area contributed by atoms with E-state index in [2.05, 4.69) is 4.98 Å². The number of fused-ring (bicyclic) bond motifs is 1. The van der Waals surface area contributed by atoms with Gasteiger partial charge in [0.1, 0.15) is 11.5 Å². The van der Waals surface area contributed by atoms with Crippen LogP contribution in [-0.4, -0.2) is 29.7 Å². The molecular weight excluding hydrogens is 310 g/mol. The Bertz CT molecular complexity index is 979. The van der Waals surface area contributed by atoms with E-state index in [9.17, 15) is 9.59 Å². The number of ether oxygens (including phenoxy) is 2. The van der Waals surface area contributed by atoms with Gasteiger partial charge in [0.25, 0.3) is 5.91 Å². The number of hydrogen-bond acceptors (Lipinski definition) is 5. The van der Waals surface area contributed by atoms with Gasteiger partial charge in [-0.05, 0) is 36.8 Å². The molecule has 0 saturated heterocycles. The minimum absolute atomic E-state index is 0.272. The number of aromatic amines is 1. The number of carbonyl (C=O) groups excluding carboxylic acids is 1. The van der Waals surface area contributed by atoms with Gasteiger partial charge in [0.2, 0.25) is 0 Å². The van der Waals surface area contributed by atoms with Crippen LogP contribution in [0.15, 0.2) is 35.1 Å². The number of methoxy groups -OCH3 is 2. The Morgan fingerprint density at radius 3 is 2.29 bits per heavy atom. The van der Waals surface area contributed by atoms with Crippen LogP contribution in [0.3, 0.4) is 0 Å². The molecule has 0 atom stereocenters. The van der Waals surface area contributed by atoms with Crippen LogP contribution in [0.2, 0.25) is 0 Å². The molecule has 1 aromatic heterocycles. The third-order valence-corrected chi connectivity index (χ3v) is 3.87. The third kappa shape index (κ3) is 2.50. The number of hydrogen-bond donors (Lipinski definition) is 2. The predicted molar refractivity (Wildman–Crippen MR) is 91.0 cm³/mol. The van der Waals surface area contributed by atoms with Crippen molar-refractivity contribution in [3.63, 3.8) is 0 Å². The minimum atomic E-state index is -0.526. The molecule has 7 nitrogen and oxygen atoms in total. The van der Waals surface area contributed by atoms with E-state index >= 15 is 0 Å². The first-order valence-corrected chi connectivity index (χ1v) is 7.23. The summed E-state index contributed by atoms with van der Waals surface area (Å²) in [6.45, 7) is 1.83. The number of aryl methyl sites for hydroxylation is 1. The summed E-state index contributed by atoms with van der Waals surface area (Å²) in [6, 6.07) is 8.09. The molecule has 2 aromatic carbocycles. The van der Waals surface area contributed by atoms with Crippen molar-refractivity contribution in [2.45, 2.75) is 6.92 Å². The summed E-state index contributed by atoms with van der Waals surface area (Å²) >= 11 is 0. The van der Waals surface area contributed by atoms with Gasteiger partial charge in [-0.1, -0.05) is 0 Å². The second-order valence-electron chi connectivity index (χ2n) is 5.40. The minimum Gasteiger partial charge on any atom is -0.497 e. The Morgan fingerprint density at radius 1 is 1.08 bits per heavy atom. The highest BCUT2D eigenvalue weighted by molar-refractivity contribution is 6.02. The predicted octanol–water partition coefficient (Wildman–Crippen LogP) is 1.93. The molecular formula is C17H17N3O4. The summed E-state index contributed by atoms with van der Waals surface area (Å²) in [4.78, 5) is 27.8. The molecule has 0 spiro atoms. The molecule has 0 aliphatic rings. The normalized spacial score (nSPS) is 10.8. The van der Waals surface area contributed by atoms with Crippen LogP contribution >= 0.6 is 0 Å². The molecule has 24 heavy (non-hydrogen) atoms. The zero-order valence-corrected chi connectivity index (χ0v) is 13.5. The molecule has 1 heterocycles. The number of H-pyrrole nitrogens is 1. The van der Waals surface area contributed by atoms with Crippen molar-refractivity contribution in [2.24, 2.45) is 0 Å². The van der Waals surface area contributed by atoms with Crippen molar-refractivity contribution < 1.29 is 14.3 Å². The third-order valence-electron chi connectivity index (χ3n) is 3.87. The number of nitrogen functional groups attached to an aromatic ring is 1. The molecule has 3 N–H and O–H groups in total. The Kier molecular flexibility index (Phi) is 3.76. The molecule has 0 radical (unpaired) electrons. The molecule has 7 heteroatoms. The van der Waals surface area contributed by atoms with E-state index in [4.69, 9.17) is 15.2 Å². The maximum atomic E-state index is 12.9. The maximum Gasteiger partial charge on any atom is 0.333 e. The molecule has 0 aliphatic carbocycles. The summed E-state index contributed by atoms with van der Waals surface area (Å²) in [5.41, 5.74) is 7.97. The van der Waals surface area contributed by atoms with E-state index in [1.165, 1.54) is 14.2 Å². The highest BCUT2D eigenvalue weighted by Gasteiger charge is 2.18. The first-order valence-electron chi connectivity index (χ1n) is 7.23. The SMILES string of the molecule is COc1cc(OC)cc(C(=O)n2c(=O)[nH]c3cc(C)c(N)cc32)c1. The summed E-state index contributed by atoms with van der Waals surface area (Å²) in [7, 11) is 2.98. The smallest absolute Gasteiger partial charge is 0.333 e. The van der Waals surface area contributed by atoms with Crippen molar-refractivity contribution in [3.05, 3.63) is 51.9 Å². The van der Waals surface area contributed by atoms with Crippen LogP contribution in [0, 0.1) is 6.92 Å². The molecule has 0 saturated carbocycles. The zero-order chi connectivity index (χ0) is 17.4. The lowest BCUT2D eigenvalue weighted by molar-refractivity contribution is 0.0960. The van der Waals surface area contributed by atoms with E-state index in [0.717, 1.165) is 10.1 Å². The molecule has 0 bridgehead atoms. The fourth-order valence-electron chi connectivity index (χ4n) is 2.54. The van der Waals surface area contributed by atoms with Gasteiger partial charge >= 0.3 is 5.69 Å². The van der Waals surface area contributed by atoms with Gasteiger partial charge in [0.05, 0.1) is 25.3 Å². The summed E-state index contributed by atoms with van der Waals surface area (Å²) in [6.07, 6.45) is 0. The Labute approximate surface area is 137 Å². The maximum absolute atomic E-state index is 12.9. The Morgan fingerprint density at radius 2 is 1.71 bits per heavy atom. The molecule has 0 aliphatic heterocycles. The lowest BCUT2D eigenvalue weighted by Crippen LogP contribution is -2.24. The molecule has 0 amide bonds. The number of carbonyl (C=O) groups is 1. The van der Waals surface area contributed by atoms with Crippen molar-refractivity contribution >= 4 is 22.6 Å². The van der Waals surface area contributed by atoms with Gasteiger partial charge in [0, 0.05) is 17.3 Å². The highest BCUT2D eigenvalue weighted by Crippen LogP contribution is 2.24.